The van der Waals surface area contributed by atoms with Crippen molar-refractivity contribution in [1.29, 1.82) is 0 Å². The van der Waals surface area contributed by atoms with Crippen LogP contribution in [-0.2, 0) is 11.3 Å². The lowest BCUT2D eigenvalue weighted by Crippen LogP contribution is -2.33. The van der Waals surface area contributed by atoms with Crippen LogP contribution in [0.5, 0.6) is 23.0 Å². The van der Waals surface area contributed by atoms with E-state index < -0.39 is 0 Å². The summed E-state index contributed by atoms with van der Waals surface area (Å²) in [5.41, 5.74) is 1.20. The van der Waals surface area contributed by atoms with Crippen molar-refractivity contribution < 1.29 is 23.4 Å². The molecule has 0 saturated carbocycles. The predicted molar refractivity (Wildman–Crippen MR) is 117 cm³/mol. The Kier molecular flexibility index (Phi) is 6.44. The summed E-state index contributed by atoms with van der Waals surface area (Å²) in [6, 6.07) is 10.8. The van der Waals surface area contributed by atoms with Gasteiger partial charge in [0.05, 0.1) is 17.6 Å². The Hall–Kier alpha value is -3.03. The maximum absolute atomic E-state index is 13.3. The van der Waals surface area contributed by atoms with E-state index in [4.69, 9.17) is 23.4 Å². The fourth-order valence-electron chi connectivity index (χ4n) is 3.72. The van der Waals surface area contributed by atoms with Gasteiger partial charge in [-0.1, -0.05) is 12.1 Å². The second-order valence-electron chi connectivity index (χ2n) is 7.39. The van der Waals surface area contributed by atoms with E-state index in [2.05, 4.69) is 4.90 Å². The number of methoxy groups -OCH3 is 1. The van der Waals surface area contributed by atoms with E-state index in [1.807, 2.05) is 31.2 Å². The fraction of sp³-hybridized carbons (Fsp3) is 0.375. The van der Waals surface area contributed by atoms with Crippen LogP contribution in [0.25, 0.3) is 11.0 Å². The van der Waals surface area contributed by atoms with Gasteiger partial charge in [-0.15, -0.1) is 0 Å². The highest BCUT2D eigenvalue weighted by Gasteiger charge is 2.24. The third-order valence-corrected chi connectivity index (χ3v) is 5.21. The van der Waals surface area contributed by atoms with Crippen LogP contribution in [0.3, 0.4) is 0 Å². The lowest BCUT2D eigenvalue weighted by Gasteiger charge is -2.29. The van der Waals surface area contributed by atoms with Gasteiger partial charge in [0.25, 0.3) is 0 Å². The summed E-state index contributed by atoms with van der Waals surface area (Å²) in [6.45, 7) is 6.81. The highest BCUT2D eigenvalue weighted by molar-refractivity contribution is 5.83. The molecule has 0 radical (unpaired) electrons. The molecule has 2 aromatic carbocycles. The van der Waals surface area contributed by atoms with Crippen LogP contribution in [0.1, 0.15) is 24.7 Å². The van der Waals surface area contributed by atoms with Gasteiger partial charge in [0.2, 0.25) is 11.2 Å². The second-order valence-corrected chi connectivity index (χ2v) is 7.39. The molecule has 0 spiro atoms. The van der Waals surface area contributed by atoms with E-state index in [0.717, 1.165) is 24.3 Å². The van der Waals surface area contributed by atoms with Gasteiger partial charge in [-0.2, -0.15) is 0 Å². The van der Waals surface area contributed by atoms with E-state index in [-0.39, 0.29) is 11.2 Å². The first-order valence-electron chi connectivity index (χ1n) is 10.5. The van der Waals surface area contributed by atoms with Crippen LogP contribution >= 0.6 is 0 Å². The molecule has 0 atom stereocenters. The van der Waals surface area contributed by atoms with Crippen molar-refractivity contribution in [3.05, 3.63) is 57.9 Å². The molecule has 0 fully saturated rings. The smallest absolute Gasteiger partial charge is 0.235 e. The van der Waals surface area contributed by atoms with E-state index in [9.17, 15) is 4.79 Å². The van der Waals surface area contributed by atoms with Crippen LogP contribution < -0.4 is 19.6 Å². The van der Waals surface area contributed by atoms with E-state index in [1.54, 1.807) is 26.2 Å². The highest BCUT2D eigenvalue weighted by atomic mass is 16.5. The summed E-state index contributed by atoms with van der Waals surface area (Å²) in [5.74, 6) is 2.37. The Bertz CT molecular complexity index is 1120. The van der Waals surface area contributed by atoms with Gasteiger partial charge in [-0.25, -0.2) is 0 Å². The Morgan fingerprint density at radius 1 is 1.13 bits per heavy atom. The van der Waals surface area contributed by atoms with Crippen LogP contribution in [0, 0.1) is 6.92 Å². The van der Waals surface area contributed by atoms with Crippen molar-refractivity contribution in [1.82, 2.24) is 4.90 Å². The number of benzene rings is 2. The second kappa shape index (κ2) is 9.41. The summed E-state index contributed by atoms with van der Waals surface area (Å²) in [5, 5.41) is 0.468. The predicted octanol–water partition coefficient (Wildman–Crippen LogP) is 4.48. The van der Waals surface area contributed by atoms with Crippen molar-refractivity contribution >= 4 is 11.0 Å². The van der Waals surface area contributed by atoms with Gasteiger partial charge in [-0.3, -0.25) is 9.69 Å². The molecule has 7 nitrogen and oxygen atoms in total. The van der Waals surface area contributed by atoms with Gasteiger partial charge in [-0.05, 0) is 44.5 Å². The Labute approximate surface area is 181 Å². The zero-order valence-electron chi connectivity index (χ0n) is 18.1. The molecule has 3 aromatic rings. The number of nitrogens with zero attached hydrogens (tertiary/aromatic N) is 1. The Morgan fingerprint density at radius 3 is 2.71 bits per heavy atom. The maximum Gasteiger partial charge on any atom is 0.235 e. The number of fused-ring (bicyclic) bond motifs is 3. The van der Waals surface area contributed by atoms with Crippen molar-refractivity contribution in [2.24, 2.45) is 0 Å². The zero-order chi connectivity index (χ0) is 21.8. The molecule has 7 heteroatoms. The molecular weight excluding hydrogens is 398 g/mol. The van der Waals surface area contributed by atoms with E-state index in [1.165, 1.54) is 0 Å². The number of aryl methyl sites for hydroxylation is 1. The lowest BCUT2D eigenvalue weighted by molar-refractivity contribution is 0.0837. The Balaban J connectivity index is 1.70. The third kappa shape index (κ3) is 4.38. The molecule has 164 valence electrons. The number of hydrogen-bond acceptors (Lipinski definition) is 7. The minimum atomic E-state index is -0.218. The first kappa shape index (κ1) is 21.2. The third-order valence-electron chi connectivity index (χ3n) is 5.21. The monoisotopic (exact) mass is 425 g/mol. The Morgan fingerprint density at radius 2 is 1.94 bits per heavy atom. The molecule has 0 N–H and O–H groups in total. The summed E-state index contributed by atoms with van der Waals surface area (Å²) in [6.07, 6.45) is 0.903. The molecule has 31 heavy (non-hydrogen) atoms. The van der Waals surface area contributed by atoms with Crippen LogP contribution in [0.2, 0.25) is 0 Å². The highest BCUT2D eigenvalue weighted by Crippen LogP contribution is 2.36. The maximum atomic E-state index is 13.3. The molecule has 2 heterocycles. The largest absolute Gasteiger partial charge is 0.490 e. The summed E-state index contributed by atoms with van der Waals surface area (Å²) in [7, 11) is 1.69. The molecule has 0 amide bonds. The molecule has 1 aromatic heterocycles. The van der Waals surface area contributed by atoms with Crippen molar-refractivity contribution in [2.45, 2.75) is 26.8 Å². The molecule has 0 unspecified atom stereocenters. The molecule has 0 saturated heterocycles. The topological polar surface area (TPSA) is 70.4 Å². The van der Waals surface area contributed by atoms with E-state index >= 15 is 0 Å². The fourth-order valence-corrected chi connectivity index (χ4v) is 3.72. The van der Waals surface area contributed by atoms with E-state index in [0.29, 0.717) is 54.7 Å². The quantitative estimate of drug-likeness (QED) is 0.493. The van der Waals surface area contributed by atoms with Crippen LogP contribution in [0.15, 0.2) is 45.6 Å². The van der Waals surface area contributed by atoms with Crippen molar-refractivity contribution in [2.75, 3.05) is 33.6 Å². The van der Waals surface area contributed by atoms with Crippen LogP contribution in [0.4, 0.5) is 0 Å². The first-order chi connectivity index (χ1) is 15.1. The number of hydrogen-bond donors (Lipinski definition) is 0. The van der Waals surface area contributed by atoms with Gasteiger partial charge < -0.3 is 23.4 Å². The number of ether oxygens (including phenoxy) is 4. The SMILES string of the molecule is CCOc1ccccc1Oc1c(C)oc2c3c(ccc2c1=O)OCN(CCCOC)C3. The molecule has 0 bridgehead atoms. The first-order valence-corrected chi connectivity index (χ1v) is 10.5. The van der Waals surface area contributed by atoms with Gasteiger partial charge >= 0.3 is 0 Å². The average molecular weight is 425 g/mol. The van der Waals surface area contributed by atoms with Crippen LogP contribution in [-0.4, -0.2) is 38.5 Å². The van der Waals surface area contributed by atoms with Gasteiger partial charge in [0.15, 0.2) is 11.5 Å². The molecule has 1 aliphatic rings. The average Bonchev–Trinajstić information content (AvgIpc) is 2.78. The minimum absolute atomic E-state index is 0.160. The molecule has 0 aliphatic carbocycles. The summed E-state index contributed by atoms with van der Waals surface area (Å²) < 4.78 is 28.7. The van der Waals surface area contributed by atoms with Gasteiger partial charge in [0.1, 0.15) is 23.8 Å². The molecule has 4 rings (SSSR count). The molecule has 1 aliphatic heterocycles. The lowest BCUT2D eigenvalue weighted by atomic mass is 10.1. The van der Waals surface area contributed by atoms with Crippen molar-refractivity contribution in [3.8, 4) is 23.0 Å². The standard InChI is InChI=1S/C24H27NO6/c1-4-28-20-8-5-6-9-21(20)31-23-16(2)30-24-17(22(23)26)10-11-19-18(24)14-25(15-29-19)12-7-13-27-3/h5-6,8-11H,4,7,12-15H2,1-3H3. The summed E-state index contributed by atoms with van der Waals surface area (Å²) >= 11 is 0. The molecular formula is C24H27NO6. The summed E-state index contributed by atoms with van der Waals surface area (Å²) in [4.78, 5) is 15.5. The minimum Gasteiger partial charge on any atom is -0.490 e. The number of para-hydroxylation sites is 2. The normalized spacial score (nSPS) is 13.6. The zero-order valence-corrected chi connectivity index (χ0v) is 18.1. The number of rotatable bonds is 8. The van der Waals surface area contributed by atoms with Gasteiger partial charge in [0, 0.05) is 26.8 Å². The van der Waals surface area contributed by atoms with Crippen molar-refractivity contribution in [3.63, 3.8) is 0 Å².